The summed E-state index contributed by atoms with van der Waals surface area (Å²) in [4.78, 5) is 13.9. The van der Waals surface area contributed by atoms with Crippen LogP contribution in [0.1, 0.15) is 0 Å². The third kappa shape index (κ3) is 2.62. The van der Waals surface area contributed by atoms with E-state index in [4.69, 9.17) is 0 Å². The monoisotopic (exact) mass is 288 g/mol. The van der Waals surface area contributed by atoms with Crippen molar-refractivity contribution < 1.29 is 0 Å². The van der Waals surface area contributed by atoms with Gasteiger partial charge in [-0.25, -0.2) is 4.68 Å². The van der Waals surface area contributed by atoms with Crippen molar-refractivity contribution >= 4 is 17.7 Å². The normalized spacial score (nSPS) is 10.7. The first-order valence-electron chi connectivity index (χ1n) is 5.85. The molecule has 0 radical (unpaired) electrons. The van der Waals surface area contributed by atoms with E-state index < -0.39 is 0 Å². The Morgan fingerprint density at radius 3 is 2.75 bits per heavy atom. The van der Waals surface area contributed by atoms with Gasteiger partial charge in [0.2, 0.25) is 5.95 Å². The first-order valence-corrected chi connectivity index (χ1v) is 6.66. The van der Waals surface area contributed by atoms with Crippen molar-refractivity contribution in [1.29, 1.82) is 0 Å². The van der Waals surface area contributed by atoms with Crippen LogP contribution in [-0.4, -0.2) is 41.6 Å². The van der Waals surface area contributed by atoms with E-state index in [1.165, 1.54) is 11.8 Å². The molecule has 0 amide bonds. The van der Waals surface area contributed by atoms with Crippen LogP contribution in [0.3, 0.4) is 0 Å². The van der Waals surface area contributed by atoms with E-state index in [-0.39, 0.29) is 0 Å². The van der Waals surface area contributed by atoms with Crippen molar-refractivity contribution in [1.82, 2.24) is 34.5 Å². The molecule has 1 N–H and O–H groups in total. The summed E-state index contributed by atoms with van der Waals surface area (Å²) in [6.45, 7) is 0. The van der Waals surface area contributed by atoms with Crippen LogP contribution in [0.15, 0.2) is 40.9 Å². The number of aryl methyl sites for hydroxylation is 1. The standard InChI is InChI=1S/C11H12N8S/c1-12-9-15-10(19-5-3-4-13-19)17-11(16-9)20-8-6-14-18(2)7-8/h3-7H,1-2H3,(H,12,15,16,17). The Labute approximate surface area is 119 Å². The molecule has 0 aliphatic rings. The smallest absolute Gasteiger partial charge is 0.256 e. The van der Waals surface area contributed by atoms with Crippen molar-refractivity contribution in [3.05, 3.63) is 30.9 Å². The van der Waals surface area contributed by atoms with Gasteiger partial charge in [0.05, 0.1) is 11.1 Å². The van der Waals surface area contributed by atoms with Gasteiger partial charge < -0.3 is 5.32 Å². The fourth-order valence-corrected chi connectivity index (χ4v) is 2.33. The molecular formula is C11H12N8S. The molecule has 0 saturated carbocycles. The van der Waals surface area contributed by atoms with Gasteiger partial charge in [-0.2, -0.15) is 25.1 Å². The predicted molar refractivity (Wildman–Crippen MR) is 73.8 cm³/mol. The van der Waals surface area contributed by atoms with E-state index in [1.807, 2.05) is 19.3 Å². The highest BCUT2D eigenvalue weighted by Crippen LogP contribution is 2.24. The first kappa shape index (κ1) is 12.6. The van der Waals surface area contributed by atoms with Gasteiger partial charge in [-0.05, 0) is 17.8 Å². The van der Waals surface area contributed by atoms with E-state index in [2.05, 4.69) is 30.5 Å². The molecule has 8 nitrogen and oxygen atoms in total. The molecule has 0 aromatic carbocycles. The van der Waals surface area contributed by atoms with Crippen LogP contribution in [0.5, 0.6) is 0 Å². The summed E-state index contributed by atoms with van der Waals surface area (Å²) in [7, 11) is 3.63. The zero-order valence-corrected chi connectivity index (χ0v) is 11.7. The molecule has 102 valence electrons. The Bertz CT molecular complexity index is 705. The Balaban J connectivity index is 1.96. The molecule has 0 spiro atoms. The largest absolute Gasteiger partial charge is 0.357 e. The zero-order valence-electron chi connectivity index (χ0n) is 10.9. The van der Waals surface area contributed by atoms with E-state index in [1.54, 1.807) is 35.0 Å². The van der Waals surface area contributed by atoms with Crippen molar-refractivity contribution in [3.63, 3.8) is 0 Å². The summed E-state index contributed by atoms with van der Waals surface area (Å²) < 4.78 is 3.33. The minimum absolute atomic E-state index is 0.473. The second kappa shape index (κ2) is 5.29. The van der Waals surface area contributed by atoms with E-state index in [9.17, 15) is 0 Å². The first-order chi connectivity index (χ1) is 9.74. The molecule has 0 saturated heterocycles. The van der Waals surface area contributed by atoms with Crippen molar-refractivity contribution in [3.8, 4) is 5.95 Å². The zero-order chi connectivity index (χ0) is 13.9. The molecular weight excluding hydrogens is 276 g/mol. The Kier molecular flexibility index (Phi) is 3.33. The highest BCUT2D eigenvalue weighted by atomic mass is 32.2. The molecule has 0 unspecified atom stereocenters. The number of aromatic nitrogens is 7. The van der Waals surface area contributed by atoms with Gasteiger partial charge in [-0.3, -0.25) is 4.68 Å². The maximum Gasteiger partial charge on any atom is 0.256 e. The quantitative estimate of drug-likeness (QED) is 0.766. The van der Waals surface area contributed by atoms with Crippen LogP contribution in [-0.2, 0) is 7.05 Å². The highest BCUT2D eigenvalue weighted by Gasteiger charge is 2.10. The van der Waals surface area contributed by atoms with Crippen LogP contribution in [0.4, 0.5) is 5.95 Å². The van der Waals surface area contributed by atoms with E-state index in [0.29, 0.717) is 17.1 Å². The number of anilines is 1. The topological polar surface area (TPSA) is 86.3 Å². The summed E-state index contributed by atoms with van der Waals surface area (Å²) in [6.07, 6.45) is 7.13. The molecule has 9 heteroatoms. The van der Waals surface area contributed by atoms with Gasteiger partial charge in [-0.15, -0.1) is 0 Å². The number of hydrogen-bond acceptors (Lipinski definition) is 7. The number of nitrogens with one attached hydrogen (secondary N) is 1. The summed E-state index contributed by atoms with van der Waals surface area (Å²) >= 11 is 1.42. The molecule has 0 aliphatic carbocycles. The summed E-state index contributed by atoms with van der Waals surface area (Å²) in [6, 6.07) is 1.82. The van der Waals surface area contributed by atoms with E-state index >= 15 is 0 Å². The average Bonchev–Trinajstić information content (AvgIpc) is 3.10. The average molecular weight is 288 g/mol. The molecule has 0 aliphatic heterocycles. The van der Waals surface area contributed by atoms with Gasteiger partial charge in [0.1, 0.15) is 0 Å². The number of nitrogens with zero attached hydrogens (tertiary/aromatic N) is 7. The molecule has 20 heavy (non-hydrogen) atoms. The molecule has 3 heterocycles. The minimum Gasteiger partial charge on any atom is -0.357 e. The fourth-order valence-electron chi connectivity index (χ4n) is 1.55. The van der Waals surface area contributed by atoms with Gasteiger partial charge in [0.15, 0.2) is 5.16 Å². The van der Waals surface area contributed by atoms with Crippen LogP contribution in [0, 0.1) is 0 Å². The van der Waals surface area contributed by atoms with Crippen LogP contribution in [0.2, 0.25) is 0 Å². The lowest BCUT2D eigenvalue weighted by Crippen LogP contribution is -2.07. The molecule has 3 aromatic rings. The summed E-state index contributed by atoms with van der Waals surface area (Å²) in [5, 5.41) is 11.8. The molecule has 0 bridgehead atoms. The van der Waals surface area contributed by atoms with E-state index in [0.717, 1.165) is 4.90 Å². The molecule has 3 aromatic heterocycles. The third-order valence-corrected chi connectivity index (χ3v) is 3.24. The Morgan fingerprint density at radius 2 is 2.10 bits per heavy atom. The lowest BCUT2D eigenvalue weighted by atomic mass is 10.7. The molecule has 0 atom stereocenters. The third-order valence-electron chi connectivity index (χ3n) is 2.43. The van der Waals surface area contributed by atoms with Crippen LogP contribution >= 0.6 is 11.8 Å². The van der Waals surface area contributed by atoms with Gasteiger partial charge in [-0.1, -0.05) is 0 Å². The fraction of sp³-hybridized carbons (Fsp3) is 0.182. The number of rotatable bonds is 4. The van der Waals surface area contributed by atoms with Crippen molar-refractivity contribution in [2.75, 3.05) is 12.4 Å². The van der Waals surface area contributed by atoms with Crippen molar-refractivity contribution in [2.45, 2.75) is 10.1 Å². The summed E-state index contributed by atoms with van der Waals surface area (Å²) in [5.41, 5.74) is 0. The lowest BCUT2D eigenvalue weighted by molar-refractivity contribution is 0.761. The van der Waals surface area contributed by atoms with Gasteiger partial charge in [0.25, 0.3) is 5.95 Å². The lowest BCUT2D eigenvalue weighted by Gasteiger charge is -2.05. The second-order valence-corrected chi connectivity index (χ2v) is 4.93. The van der Waals surface area contributed by atoms with Crippen molar-refractivity contribution in [2.24, 2.45) is 7.05 Å². The molecule has 0 fully saturated rings. The Hall–Kier alpha value is -2.42. The minimum atomic E-state index is 0.473. The van der Waals surface area contributed by atoms with Crippen LogP contribution in [0.25, 0.3) is 5.95 Å². The van der Waals surface area contributed by atoms with Gasteiger partial charge >= 0.3 is 0 Å². The second-order valence-electron chi connectivity index (χ2n) is 3.89. The summed E-state index contributed by atoms with van der Waals surface area (Å²) in [5.74, 6) is 0.970. The maximum absolute atomic E-state index is 4.39. The maximum atomic E-state index is 4.39. The highest BCUT2D eigenvalue weighted by molar-refractivity contribution is 7.99. The Morgan fingerprint density at radius 1 is 1.20 bits per heavy atom. The van der Waals surface area contributed by atoms with Gasteiger partial charge in [0, 0.05) is 32.7 Å². The predicted octanol–water partition coefficient (Wildman–Crippen LogP) is 0.984. The number of hydrogen-bond donors (Lipinski definition) is 1. The molecule has 3 rings (SSSR count). The SMILES string of the molecule is CNc1nc(Sc2cnn(C)c2)nc(-n2cccn2)n1. The van der Waals surface area contributed by atoms with Crippen LogP contribution < -0.4 is 5.32 Å².